The lowest BCUT2D eigenvalue weighted by atomic mass is 10.1. The van der Waals surface area contributed by atoms with Gasteiger partial charge in [0, 0.05) is 17.7 Å². The van der Waals surface area contributed by atoms with Gasteiger partial charge in [0.1, 0.15) is 24.6 Å². The summed E-state index contributed by atoms with van der Waals surface area (Å²) >= 11 is 0. The quantitative estimate of drug-likeness (QED) is 0.490. The molecule has 0 bridgehead atoms. The first-order valence-electron chi connectivity index (χ1n) is 6.93. The Balaban J connectivity index is 1.89. The predicted octanol–water partition coefficient (Wildman–Crippen LogP) is 2.41. The van der Waals surface area contributed by atoms with E-state index in [0.29, 0.717) is 17.0 Å². The van der Waals surface area contributed by atoms with Gasteiger partial charge >= 0.3 is 11.6 Å². The highest BCUT2D eigenvalue weighted by molar-refractivity contribution is 5.65. The summed E-state index contributed by atoms with van der Waals surface area (Å²) in [5, 5.41) is 25.8. The molecule has 11 nitrogen and oxygen atoms in total. The number of rotatable bonds is 6. The molecule has 0 radical (unpaired) electrons. The smallest absolute Gasteiger partial charge is 0.434 e. The molecule has 11 heteroatoms. The average molecular weight is 345 g/mol. The third-order valence-corrected chi connectivity index (χ3v) is 3.41. The standard InChI is InChI=1S/C14H11N5O6/c1-24-13-3-2-9(6-12(13)18(20)21)11-7-10(25-16-11)8-17-5-4-15-14(17)19(22)23/h2-7H,8H2,1H3. The van der Waals surface area contributed by atoms with Crippen molar-refractivity contribution in [1.29, 1.82) is 0 Å². The van der Waals surface area contributed by atoms with Crippen LogP contribution in [0.2, 0.25) is 0 Å². The van der Waals surface area contributed by atoms with Crippen LogP contribution in [0.5, 0.6) is 5.75 Å². The molecule has 0 N–H and O–H groups in total. The molecule has 2 aromatic heterocycles. The molecule has 0 spiro atoms. The maximum absolute atomic E-state index is 11.1. The SMILES string of the molecule is COc1ccc(-c2cc(Cn3ccnc3[N+](=O)[O-])on2)cc1[N+](=O)[O-]. The molecule has 25 heavy (non-hydrogen) atoms. The first kappa shape index (κ1) is 16.1. The number of aromatic nitrogens is 3. The van der Waals surface area contributed by atoms with Gasteiger partial charge in [-0.3, -0.25) is 10.1 Å². The van der Waals surface area contributed by atoms with Crippen molar-refractivity contribution < 1.29 is 19.1 Å². The van der Waals surface area contributed by atoms with Crippen LogP contribution >= 0.6 is 0 Å². The van der Waals surface area contributed by atoms with Crippen LogP contribution in [0, 0.1) is 20.2 Å². The van der Waals surface area contributed by atoms with Crippen molar-refractivity contribution in [3.63, 3.8) is 0 Å². The molecule has 0 amide bonds. The lowest BCUT2D eigenvalue weighted by Gasteiger charge is -2.02. The van der Waals surface area contributed by atoms with Gasteiger partial charge in [-0.25, -0.2) is 4.57 Å². The molecule has 0 saturated carbocycles. The van der Waals surface area contributed by atoms with Gasteiger partial charge in [0.15, 0.2) is 11.5 Å². The van der Waals surface area contributed by atoms with E-state index in [0.717, 1.165) is 0 Å². The highest BCUT2D eigenvalue weighted by Crippen LogP contribution is 2.32. The van der Waals surface area contributed by atoms with E-state index in [9.17, 15) is 20.2 Å². The van der Waals surface area contributed by atoms with Gasteiger partial charge in [0.25, 0.3) is 0 Å². The molecule has 0 fully saturated rings. The topological polar surface area (TPSA) is 139 Å². The van der Waals surface area contributed by atoms with Crippen LogP contribution in [0.3, 0.4) is 0 Å². The van der Waals surface area contributed by atoms with Crippen molar-refractivity contribution in [2.45, 2.75) is 6.54 Å². The van der Waals surface area contributed by atoms with Crippen molar-refractivity contribution >= 4 is 11.6 Å². The highest BCUT2D eigenvalue weighted by atomic mass is 16.6. The van der Waals surface area contributed by atoms with Crippen molar-refractivity contribution in [3.05, 3.63) is 62.6 Å². The molecule has 0 saturated heterocycles. The maximum Gasteiger partial charge on any atom is 0.434 e. The first-order valence-corrected chi connectivity index (χ1v) is 6.93. The Morgan fingerprint density at radius 3 is 2.72 bits per heavy atom. The zero-order valence-corrected chi connectivity index (χ0v) is 12.9. The van der Waals surface area contributed by atoms with Crippen molar-refractivity contribution in [1.82, 2.24) is 14.7 Å². The second-order valence-electron chi connectivity index (χ2n) is 4.93. The van der Waals surface area contributed by atoms with Crippen LogP contribution in [0.15, 0.2) is 41.2 Å². The lowest BCUT2D eigenvalue weighted by Crippen LogP contribution is -2.03. The van der Waals surface area contributed by atoms with Gasteiger partial charge in [-0.2, -0.15) is 0 Å². The normalized spacial score (nSPS) is 10.6. The fourth-order valence-corrected chi connectivity index (χ4v) is 2.28. The molecule has 128 valence electrons. The van der Waals surface area contributed by atoms with E-state index in [4.69, 9.17) is 9.26 Å². The Labute approximate surface area is 139 Å². The molecule has 0 unspecified atom stereocenters. The predicted molar refractivity (Wildman–Crippen MR) is 83.1 cm³/mol. The highest BCUT2D eigenvalue weighted by Gasteiger charge is 2.19. The zero-order valence-electron chi connectivity index (χ0n) is 12.9. The maximum atomic E-state index is 11.1. The minimum Gasteiger partial charge on any atom is -0.490 e. The molecule has 3 aromatic rings. The molecule has 1 aromatic carbocycles. The second kappa shape index (κ2) is 6.39. The molecule has 3 rings (SSSR count). The van der Waals surface area contributed by atoms with Gasteiger partial charge in [-0.1, -0.05) is 10.1 Å². The lowest BCUT2D eigenvalue weighted by molar-refractivity contribution is -0.396. The summed E-state index contributed by atoms with van der Waals surface area (Å²) < 4.78 is 11.4. The number of imidazole rings is 1. The van der Waals surface area contributed by atoms with Crippen LogP contribution in [-0.4, -0.2) is 31.7 Å². The van der Waals surface area contributed by atoms with Gasteiger partial charge < -0.3 is 19.4 Å². The Morgan fingerprint density at radius 1 is 1.24 bits per heavy atom. The van der Waals surface area contributed by atoms with Crippen LogP contribution in [0.4, 0.5) is 11.6 Å². The molecule has 0 aliphatic rings. The average Bonchev–Trinajstić information content (AvgIpc) is 3.24. The summed E-state index contributed by atoms with van der Waals surface area (Å²) in [6.45, 7) is 0.0571. The third-order valence-electron chi connectivity index (χ3n) is 3.41. The van der Waals surface area contributed by atoms with E-state index in [2.05, 4.69) is 10.1 Å². The van der Waals surface area contributed by atoms with Crippen LogP contribution in [0.1, 0.15) is 5.76 Å². The van der Waals surface area contributed by atoms with E-state index in [-0.39, 0.29) is 23.9 Å². The minimum absolute atomic E-state index is 0.0571. The van der Waals surface area contributed by atoms with Gasteiger partial charge in [-0.15, -0.1) is 0 Å². The van der Waals surface area contributed by atoms with Crippen molar-refractivity contribution in [3.8, 4) is 17.0 Å². The Hall–Kier alpha value is -3.76. The number of benzene rings is 1. The Kier molecular flexibility index (Phi) is 4.12. The molecular weight excluding hydrogens is 334 g/mol. The number of nitro benzene ring substituents is 1. The minimum atomic E-state index is -0.607. The van der Waals surface area contributed by atoms with E-state index < -0.39 is 9.85 Å². The first-order chi connectivity index (χ1) is 12.0. The molecular formula is C14H11N5O6. The van der Waals surface area contributed by atoms with Gasteiger partial charge in [0.2, 0.25) is 0 Å². The fraction of sp³-hybridized carbons (Fsp3) is 0.143. The Morgan fingerprint density at radius 2 is 2.04 bits per heavy atom. The summed E-state index contributed by atoms with van der Waals surface area (Å²) in [5.74, 6) is 0.152. The molecule has 2 heterocycles. The molecule has 0 aliphatic carbocycles. The van der Waals surface area contributed by atoms with Gasteiger partial charge in [-0.05, 0) is 17.1 Å². The van der Waals surface area contributed by atoms with Crippen LogP contribution in [0.25, 0.3) is 11.3 Å². The second-order valence-corrected chi connectivity index (χ2v) is 4.93. The largest absolute Gasteiger partial charge is 0.490 e. The van der Waals surface area contributed by atoms with E-state index >= 15 is 0 Å². The number of nitro groups is 2. The summed E-state index contributed by atoms with van der Waals surface area (Å²) in [6.07, 6.45) is 2.75. The van der Waals surface area contributed by atoms with E-state index in [1.807, 2.05) is 0 Å². The zero-order chi connectivity index (χ0) is 18.0. The summed E-state index contributed by atoms with van der Waals surface area (Å²) in [6, 6.07) is 5.94. The molecule has 0 atom stereocenters. The molecule has 0 aliphatic heterocycles. The number of hydrogen-bond donors (Lipinski definition) is 0. The number of hydrogen-bond acceptors (Lipinski definition) is 8. The number of nitrogens with zero attached hydrogens (tertiary/aromatic N) is 5. The Bertz CT molecular complexity index is 947. The number of methoxy groups -OCH3 is 1. The summed E-state index contributed by atoms with van der Waals surface area (Å²) in [5.41, 5.74) is 0.626. The van der Waals surface area contributed by atoms with Gasteiger partial charge in [0.05, 0.1) is 12.0 Å². The van der Waals surface area contributed by atoms with Crippen LogP contribution in [-0.2, 0) is 6.54 Å². The van der Waals surface area contributed by atoms with Crippen molar-refractivity contribution in [2.75, 3.05) is 7.11 Å². The monoisotopic (exact) mass is 345 g/mol. The van der Waals surface area contributed by atoms with E-state index in [1.165, 1.54) is 36.2 Å². The summed E-state index contributed by atoms with van der Waals surface area (Å²) in [4.78, 5) is 24.4. The number of ether oxygens (including phenoxy) is 1. The fourth-order valence-electron chi connectivity index (χ4n) is 2.28. The van der Waals surface area contributed by atoms with E-state index in [1.54, 1.807) is 12.1 Å². The third kappa shape index (κ3) is 3.15. The van der Waals surface area contributed by atoms with Crippen molar-refractivity contribution in [2.24, 2.45) is 0 Å². The van der Waals surface area contributed by atoms with Crippen LogP contribution < -0.4 is 4.74 Å². The summed E-state index contributed by atoms with van der Waals surface area (Å²) in [7, 11) is 1.34.